The minimum absolute atomic E-state index is 0.0214. The number of aromatic nitrogens is 1. The molecule has 40 heavy (non-hydrogen) atoms. The van der Waals surface area contributed by atoms with Crippen molar-refractivity contribution in [1.82, 2.24) is 4.57 Å². The molecule has 1 heteroatoms. The van der Waals surface area contributed by atoms with Crippen LogP contribution in [-0.4, -0.2) is 4.57 Å². The largest absolute Gasteiger partial charge is 0.309 e. The van der Waals surface area contributed by atoms with Crippen molar-refractivity contribution in [2.45, 2.75) is 19.3 Å². The molecule has 1 aliphatic rings. The Bertz CT molecular complexity index is 2070. The summed E-state index contributed by atoms with van der Waals surface area (Å²) in [5.74, 6) is 0. The Morgan fingerprint density at radius 1 is 0.425 bits per heavy atom. The van der Waals surface area contributed by atoms with E-state index >= 15 is 0 Å². The average Bonchev–Trinajstić information content (AvgIpc) is 3.46. The maximum Gasteiger partial charge on any atom is 0.0547 e. The molecule has 1 nitrogen and oxygen atoms in total. The molecule has 6 aromatic carbocycles. The van der Waals surface area contributed by atoms with Crippen molar-refractivity contribution in [2.24, 2.45) is 0 Å². The first-order valence-corrected chi connectivity index (χ1v) is 14.0. The van der Waals surface area contributed by atoms with E-state index in [1.54, 1.807) is 0 Å². The van der Waals surface area contributed by atoms with E-state index < -0.39 is 0 Å². The van der Waals surface area contributed by atoms with Gasteiger partial charge in [0.05, 0.1) is 11.0 Å². The Kier molecular flexibility index (Phi) is 4.93. The predicted molar refractivity (Wildman–Crippen MR) is 169 cm³/mol. The second-order valence-electron chi connectivity index (χ2n) is 11.4. The summed E-state index contributed by atoms with van der Waals surface area (Å²) in [6.07, 6.45) is 0. The minimum atomic E-state index is -0.0214. The lowest BCUT2D eigenvalue weighted by molar-refractivity contribution is 0.660. The maximum atomic E-state index is 2.42. The Morgan fingerprint density at radius 2 is 1.00 bits per heavy atom. The summed E-state index contributed by atoms with van der Waals surface area (Å²) in [7, 11) is 0. The summed E-state index contributed by atoms with van der Waals surface area (Å²) in [5, 5.41) is 2.55. The SMILES string of the molecule is CC1(C)c2ccccc2-c2ccc(-c3ccccc3-c3ccc4c5ccccc5n(-c5ccccc5)c4c3)cc21. The molecule has 0 aliphatic heterocycles. The average molecular weight is 512 g/mol. The Morgan fingerprint density at radius 3 is 1.80 bits per heavy atom. The van der Waals surface area contributed by atoms with Crippen LogP contribution < -0.4 is 0 Å². The van der Waals surface area contributed by atoms with Crippen molar-refractivity contribution in [2.75, 3.05) is 0 Å². The van der Waals surface area contributed by atoms with Gasteiger partial charge in [0.15, 0.2) is 0 Å². The lowest BCUT2D eigenvalue weighted by Crippen LogP contribution is -2.14. The summed E-state index contributed by atoms with van der Waals surface area (Å²) < 4.78 is 2.39. The number of nitrogens with zero attached hydrogens (tertiary/aromatic N) is 1. The van der Waals surface area contributed by atoms with Crippen LogP contribution in [0.15, 0.2) is 140 Å². The Labute approximate surface area is 235 Å². The first-order chi connectivity index (χ1) is 19.6. The van der Waals surface area contributed by atoms with E-state index in [9.17, 15) is 0 Å². The van der Waals surface area contributed by atoms with Crippen molar-refractivity contribution in [3.8, 4) is 39.1 Å². The lowest BCUT2D eigenvalue weighted by atomic mass is 9.81. The van der Waals surface area contributed by atoms with Gasteiger partial charge in [0.1, 0.15) is 0 Å². The molecule has 1 aliphatic carbocycles. The molecule has 0 radical (unpaired) electrons. The molecule has 0 unspecified atom stereocenters. The second-order valence-corrected chi connectivity index (χ2v) is 11.4. The van der Waals surface area contributed by atoms with E-state index in [0.717, 1.165) is 0 Å². The molecule has 0 N–H and O–H groups in total. The highest BCUT2D eigenvalue weighted by Crippen LogP contribution is 2.50. The van der Waals surface area contributed by atoms with E-state index in [4.69, 9.17) is 0 Å². The third-order valence-electron chi connectivity index (χ3n) is 8.82. The van der Waals surface area contributed by atoms with Crippen LogP contribution >= 0.6 is 0 Å². The number of benzene rings is 6. The van der Waals surface area contributed by atoms with Crippen molar-refractivity contribution in [3.05, 3.63) is 151 Å². The molecule has 0 saturated heterocycles. The fraction of sp³-hybridized carbons (Fsp3) is 0.0769. The quantitative estimate of drug-likeness (QED) is 0.222. The highest BCUT2D eigenvalue weighted by Gasteiger charge is 2.35. The van der Waals surface area contributed by atoms with E-state index in [-0.39, 0.29) is 5.41 Å². The van der Waals surface area contributed by atoms with Crippen LogP contribution in [0.1, 0.15) is 25.0 Å². The fourth-order valence-electron chi connectivity index (χ4n) is 6.85. The molecule has 0 saturated carbocycles. The minimum Gasteiger partial charge on any atom is -0.309 e. The van der Waals surface area contributed by atoms with Gasteiger partial charge in [0.25, 0.3) is 0 Å². The van der Waals surface area contributed by atoms with Gasteiger partial charge in [-0.3, -0.25) is 0 Å². The molecule has 7 aromatic rings. The number of fused-ring (bicyclic) bond motifs is 6. The molecule has 1 heterocycles. The van der Waals surface area contributed by atoms with E-state index in [1.165, 1.54) is 72.0 Å². The first-order valence-electron chi connectivity index (χ1n) is 14.0. The van der Waals surface area contributed by atoms with Crippen LogP contribution in [0.25, 0.3) is 60.9 Å². The van der Waals surface area contributed by atoms with Crippen molar-refractivity contribution < 1.29 is 0 Å². The molecule has 0 spiro atoms. The van der Waals surface area contributed by atoms with Crippen LogP contribution in [0.2, 0.25) is 0 Å². The van der Waals surface area contributed by atoms with Crippen LogP contribution in [0.4, 0.5) is 0 Å². The summed E-state index contributed by atoms with van der Waals surface area (Å²) in [5.41, 5.74) is 14.2. The first kappa shape index (κ1) is 23.0. The van der Waals surface area contributed by atoms with E-state index in [2.05, 4.69) is 158 Å². The van der Waals surface area contributed by atoms with Crippen molar-refractivity contribution >= 4 is 21.8 Å². The number of hydrogen-bond donors (Lipinski definition) is 0. The molecule has 0 fully saturated rings. The van der Waals surface area contributed by atoms with Crippen molar-refractivity contribution in [1.29, 1.82) is 0 Å². The van der Waals surface area contributed by atoms with Gasteiger partial charge < -0.3 is 4.57 Å². The topological polar surface area (TPSA) is 4.93 Å². The van der Waals surface area contributed by atoms with Gasteiger partial charge in [-0.2, -0.15) is 0 Å². The zero-order chi connectivity index (χ0) is 26.8. The number of rotatable bonds is 3. The summed E-state index contributed by atoms with van der Waals surface area (Å²) in [6.45, 7) is 4.70. The van der Waals surface area contributed by atoms with Crippen LogP contribution in [0.3, 0.4) is 0 Å². The summed E-state index contributed by atoms with van der Waals surface area (Å²) >= 11 is 0. The monoisotopic (exact) mass is 511 g/mol. The normalized spacial score (nSPS) is 13.4. The van der Waals surface area contributed by atoms with Crippen LogP contribution in [0, 0.1) is 0 Å². The van der Waals surface area contributed by atoms with E-state index in [0.29, 0.717) is 0 Å². The van der Waals surface area contributed by atoms with Gasteiger partial charge in [-0.15, -0.1) is 0 Å². The number of hydrogen-bond acceptors (Lipinski definition) is 0. The molecule has 0 bridgehead atoms. The zero-order valence-corrected chi connectivity index (χ0v) is 22.7. The smallest absolute Gasteiger partial charge is 0.0547 e. The van der Waals surface area contributed by atoms with Gasteiger partial charge in [-0.05, 0) is 74.8 Å². The second kappa shape index (κ2) is 8.56. The predicted octanol–water partition coefficient (Wildman–Crippen LogP) is 10.4. The third kappa shape index (κ3) is 3.28. The standard InChI is InChI=1S/C39H29N/c1-39(2)35-18-10-8-16-31(35)32-22-20-26(24-36(32)39)29-14-6-7-15-30(29)27-21-23-34-33-17-9-11-19-37(33)40(38(34)25-27)28-12-4-3-5-13-28/h3-25H,1-2H3. The lowest BCUT2D eigenvalue weighted by Gasteiger charge is -2.22. The third-order valence-corrected chi connectivity index (χ3v) is 8.82. The number of para-hydroxylation sites is 2. The zero-order valence-electron chi connectivity index (χ0n) is 22.7. The Balaban J connectivity index is 1.32. The van der Waals surface area contributed by atoms with Gasteiger partial charge in [0.2, 0.25) is 0 Å². The molecule has 190 valence electrons. The fourth-order valence-corrected chi connectivity index (χ4v) is 6.85. The molecular formula is C39H29N. The molecule has 0 atom stereocenters. The molecular weight excluding hydrogens is 482 g/mol. The Hall–Kier alpha value is -4.88. The van der Waals surface area contributed by atoms with Gasteiger partial charge in [0, 0.05) is 21.9 Å². The van der Waals surface area contributed by atoms with Gasteiger partial charge >= 0.3 is 0 Å². The highest BCUT2D eigenvalue weighted by molar-refractivity contribution is 6.10. The van der Waals surface area contributed by atoms with Gasteiger partial charge in [-0.25, -0.2) is 0 Å². The summed E-state index contributed by atoms with van der Waals surface area (Å²) in [4.78, 5) is 0. The molecule has 0 amide bonds. The highest BCUT2D eigenvalue weighted by atomic mass is 15.0. The van der Waals surface area contributed by atoms with E-state index in [1.807, 2.05) is 0 Å². The van der Waals surface area contributed by atoms with Gasteiger partial charge in [-0.1, -0.05) is 123 Å². The molecule has 1 aromatic heterocycles. The van der Waals surface area contributed by atoms with Crippen LogP contribution in [-0.2, 0) is 5.41 Å². The maximum absolute atomic E-state index is 2.42. The summed E-state index contributed by atoms with van der Waals surface area (Å²) in [6, 6.07) is 51.1. The molecule has 8 rings (SSSR count). The van der Waals surface area contributed by atoms with Crippen LogP contribution in [0.5, 0.6) is 0 Å². The van der Waals surface area contributed by atoms with Crippen molar-refractivity contribution in [3.63, 3.8) is 0 Å².